The van der Waals surface area contributed by atoms with Crippen LogP contribution in [0.1, 0.15) is 5.56 Å². The van der Waals surface area contributed by atoms with Gasteiger partial charge in [0.2, 0.25) is 0 Å². The van der Waals surface area contributed by atoms with Gasteiger partial charge in [-0.3, -0.25) is 5.01 Å². The van der Waals surface area contributed by atoms with Gasteiger partial charge in [-0.05, 0) is 36.4 Å². The van der Waals surface area contributed by atoms with Crippen molar-refractivity contribution in [1.29, 1.82) is 0 Å². The molecular formula is C17H16Cl3N3. The van der Waals surface area contributed by atoms with Gasteiger partial charge in [-0.1, -0.05) is 40.9 Å². The van der Waals surface area contributed by atoms with E-state index in [1.54, 1.807) is 6.21 Å². The van der Waals surface area contributed by atoms with E-state index in [-0.39, 0.29) is 0 Å². The summed E-state index contributed by atoms with van der Waals surface area (Å²) in [5.41, 5.74) is 1.95. The maximum Gasteiger partial charge on any atom is 0.0572 e. The minimum atomic E-state index is 0.612. The van der Waals surface area contributed by atoms with E-state index in [0.29, 0.717) is 10.0 Å². The molecule has 1 aliphatic heterocycles. The number of anilines is 1. The van der Waals surface area contributed by atoms with Gasteiger partial charge in [0, 0.05) is 29.4 Å². The Bertz CT molecular complexity index is 672. The third-order valence-electron chi connectivity index (χ3n) is 3.80. The fourth-order valence-electron chi connectivity index (χ4n) is 2.49. The first-order chi connectivity index (χ1) is 11.1. The molecule has 120 valence electrons. The summed E-state index contributed by atoms with van der Waals surface area (Å²) in [5, 5.41) is 8.52. The van der Waals surface area contributed by atoms with Gasteiger partial charge in [0.25, 0.3) is 0 Å². The second kappa shape index (κ2) is 7.43. The van der Waals surface area contributed by atoms with Crippen molar-refractivity contribution >= 4 is 46.7 Å². The lowest BCUT2D eigenvalue weighted by Gasteiger charge is -2.34. The Kier molecular flexibility index (Phi) is 5.31. The SMILES string of the molecule is Clc1ccc(N2CCN(/N=C/c3c(Cl)cccc3Cl)CC2)cc1. The third kappa shape index (κ3) is 4.11. The molecule has 0 unspecified atom stereocenters. The average molecular weight is 369 g/mol. The number of halogens is 3. The van der Waals surface area contributed by atoms with Crippen molar-refractivity contribution in [3.05, 3.63) is 63.1 Å². The normalized spacial score (nSPS) is 15.4. The third-order valence-corrected chi connectivity index (χ3v) is 4.71. The van der Waals surface area contributed by atoms with Crippen LogP contribution in [0.15, 0.2) is 47.6 Å². The van der Waals surface area contributed by atoms with Crippen LogP contribution in [-0.4, -0.2) is 37.4 Å². The Labute approximate surface area is 151 Å². The highest BCUT2D eigenvalue weighted by Crippen LogP contribution is 2.23. The first-order valence-corrected chi connectivity index (χ1v) is 8.50. The van der Waals surface area contributed by atoms with Crippen molar-refractivity contribution in [1.82, 2.24) is 5.01 Å². The lowest BCUT2D eigenvalue weighted by molar-refractivity contribution is 0.272. The van der Waals surface area contributed by atoms with E-state index in [9.17, 15) is 0 Å². The van der Waals surface area contributed by atoms with Crippen LogP contribution in [0.5, 0.6) is 0 Å². The number of hydrazone groups is 1. The lowest BCUT2D eigenvalue weighted by Crippen LogP contribution is -2.44. The molecule has 1 saturated heterocycles. The summed E-state index contributed by atoms with van der Waals surface area (Å²) < 4.78 is 0. The highest BCUT2D eigenvalue weighted by atomic mass is 35.5. The molecule has 6 heteroatoms. The van der Waals surface area contributed by atoms with Crippen LogP contribution in [0, 0.1) is 0 Å². The topological polar surface area (TPSA) is 18.8 Å². The highest BCUT2D eigenvalue weighted by Gasteiger charge is 2.15. The summed E-state index contributed by atoms with van der Waals surface area (Å²) in [6, 6.07) is 13.4. The zero-order chi connectivity index (χ0) is 16.2. The van der Waals surface area contributed by atoms with Gasteiger partial charge in [-0.25, -0.2) is 0 Å². The van der Waals surface area contributed by atoms with Gasteiger partial charge in [0.1, 0.15) is 0 Å². The molecule has 0 atom stereocenters. The molecule has 2 aromatic rings. The Morgan fingerprint density at radius 3 is 2.04 bits per heavy atom. The molecule has 0 aromatic heterocycles. The Morgan fingerprint density at radius 1 is 0.826 bits per heavy atom. The molecule has 1 heterocycles. The maximum atomic E-state index is 6.15. The smallest absolute Gasteiger partial charge is 0.0572 e. The van der Waals surface area contributed by atoms with Crippen LogP contribution in [0.25, 0.3) is 0 Å². The molecule has 2 aromatic carbocycles. The first kappa shape index (κ1) is 16.4. The number of piperazine rings is 1. The van der Waals surface area contributed by atoms with Crippen molar-refractivity contribution in [2.75, 3.05) is 31.1 Å². The fraction of sp³-hybridized carbons (Fsp3) is 0.235. The van der Waals surface area contributed by atoms with Crippen molar-refractivity contribution in [3.63, 3.8) is 0 Å². The van der Waals surface area contributed by atoms with Crippen molar-refractivity contribution < 1.29 is 0 Å². The number of hydrogen-bond donors (Lipinski definition) is 0. The predicted molar refractivity (Wildman–Crippen MR) is 99.3 cm³/mol. The van der Waals surface area contributed by atoms with Gasteiger partial charge >= 0.3 is 0 Å². The highest BCUT2D eigenvalue weighted by molar-refractivity contribution is 6.38. The monoisotopic (exact) mass is 367 g/mol. The molecule has 3 rings (SSSR count). The first-order valence-electron chi connectivity index (χ1n) is 7.37. The molecule has 0 bridgehead atoms. The fourth-order valence-corrected chi connectivity index (χ4v) is 3.12. The van der Waals surface area contributed by atoms with E-state index < -0.39 is 0 Å². The van der Waals surface area contributed by atoms with Crippen molar-refractivity contribution in [2.24, 2.45) is 5.10 Å². The summed E-state index contributed by atoms with van der Waals surface area (Å²) in [6.45, 7) is 3.52. The predicted octanol–water partition coefficient (Wildman–Crippen LogP) is 4.80. The molecule has 1 aliphatic rings. The molecule has 3 nitrogen and oxygen atoms in total. The Morgan fingerprint density at radius 2 is 1.43 bits per heavy atom. The van der Waals surface area contributed by atoms with E-state index >= 15 is 0 Å². The molecule has 0 N–H and O–H groups in total. The van der Waals surface area contributed by atoms with Crippen LogP contribution in [0.2, 0.25) is 15.1 Å². The number of benzene rings is 2. The summed E-state index contributed by atoms with van der Waals surface area (Å²) in [5.74, 6) is 0. The summed E-state index contributed by atoms with van der Waals surface area (Å²) >= 11 is 18.2. The summed E-state index contributed by atoms with van der Waals surface area (Å²) in [7, 11) is 0. The van der Waals surface area contributed by atoms with E-state index in [0.717, 1.165) is 36.8 Å². The second-order valence-electron chi connectivity index (χ2n) is 5.30. The van der Waals surface area contributed by atoms with Crippen LogP contribution < -0.4 is 4.90 Å². The van der Waals surface area contributed by atoms with Gasteiger partial charge in [0.15, 0.2) is 0 Å². The zero-order valence-corrected chi connectivity index (χ0v) is 14.7. The van der Waals surface area contributed by atoms with Gasteiger partial charge in [-0.2, -0.15) is 5.10 Å². The van der Waals surface area contributed by atoms with Crippen molar-refractivity contribution in [2.45, 2.75) is 0 Å². The summed E-state index contributed by atoms with van der Waals surface area (Å²) in [6.07, 6.45) is 1.74. The van der Waals surface area contributed by atoms with E-state index in [2.05, 4.69) is 10.0 Å². The van der Waals surface area contributed by atoms with Crippen LogP contribution in [-0.2, 0) is 0 Å². The molecule has 23 heavy (non-hydrogen) atoms. The van der Waals surface area contributed by atoms with Gasteiger partial charge < -0.3 is 4.90 Å². The van der Waals surface area contributed by atoms with Crippen LogP contribution >= 0.6 is 34.8 Å². The lowest BCUT2D eigenvalue weighted by atomic mass is 10.2. The van der Waals surface area contributed by atoms with Gasteiger partial charge in [0.05, 0.1) is 29.3 Å². The molecular weight excluding hydrogens is 353 g/mol. The number of rotatable bonds is 3. The molecule has 1 fully saturated rings. The Hall–Kier alpha value is -1.42. The minimum absolute atomic E-state index is 0.612. The number of hydrogen-bond acceptors (Lipinski definition) is 3. The van der Waals surface area contributed by atoms with Gasteiger partial charge in [-0.15, -0.1) is 0 Å². The molecule has 0 spiro atoms. The zero-order valence-electron chi connectivity index (χ0n) is 12.4. The van der Waals surface area contributed by atoms with Crippen molar-refractivity contribution in [3.8, 4) is 0 Å². The molecule has 0 aliphatic carbocycles. The quantitative estimate of drug-likeness (QED) is 0.724. The van der Waals surface area contributed by atoms with E-state index in [1.807, 2.05) is 47.5 Å². The molecule has 0 radical (unpaired) electrons. The van der Waals surface area contributed by atoms with Crippen LogP contribution in [0.4, 0.5) is 5.69 Å². The van der Waals surface area contributed by atoms with E-state index in [1.165, 1.54) is 5.69 Å². The maximum absolute atomic E-state index is 6.15. The average Bonchev–Trinajstić information content (AvgIpc) is 2.56. The molecule has 0 amide bonds. The number of nitrogens with zero attached hydrogens (tertiary/aromatic N) is 3. The standard InChI is InChI=1S/C17H16Cl3N3/c18-13-4-6-14(7-5-13)22-8-10-23(11-9-22)21-12-15-16(19)2-1-3-17(15)20/h1-7,12H,8-11H2/b21-12+. The molecule has 0 saturated carbocycles. The van der Waals surface area contributed by atoms with Crippen LogP contribution in [0.3, 0.4) is 0 Å². The largest absolute Gasteiger partial charge is 0.368 e. The Balaban J connectivity index is 1.61. The van der Waals surface area contributed by atoms with E-state index in [4.69, 9.17) is 34.8 Å². The minimum Gasteiger partial charge on any atom is -0.368 e. The second-order valence-corrected chi connectivity index (χ2v) is 6.55. The summed E-state index contributed by atoms with van der Waals surface area (Å²) in [4.78, 5) is 2.32.